The molecule has 0 N–H and O–H groups in total. The average molecular weight is 283 g/mol. The summed E-state index contributed by atoms with van der Waals surface area (Å²) in [5.74, 6) is 0. The summed E-state index contributed by atoms with van der Waals surface area (Å²) < 4.78 is 0. The lowest BCUT2D eigenvalue weighted by atomic mass is 10.1. The Kier molecular flexibility index (Phi) is 4.18. The van der Waals surface area contributed by atoms with Crippen molar-refractivity contribution < 1.29 is 0 Å². The first-order valence-corrected chi connectivity index (χ1v) is 7.94. The Balaban J connectivity index is 2.30. The summed E-state index contributed by atoms with van der Waals surface area (Å²) in [7, 11) is 0. The molecule has 0 aliphatic heterocycles. The molecule has 1 aromatic carbocycles. The number of rotatable bonds is 3. The van der Waals surface area contributed by atoms with Crippen molar-refractivity contribution in [1.29, 1.82) is 0 Å². The van der Waals surface area contributed by atoms with Gasteiger partial charge in [0.15, 0.2) is 0 Å². The van der Waals surface area contributed by atoms with Crippen LogP contribution in [0.25, 0.3) is 0 Å². The Morgan fingerprint density at radius 1 is 1.18 bits per heavy atom. The molecule has 0 amide bonds. The molecule has 0 bridgehead atoms. The third kappa shape index (κ3) is 2.87. The van der Waals surface area contributed by atoms with Crippen LogP contribution in [0.15, 0.2) is 35.2 Å². The lowest BCUT2D eigenvalue weighted by Gasteiger charge is -2.10. The second-order valence-corrected chi connectivity index (χ2v) is 6.78. The van der Waals surface area contributed by atoms with Crippen LogP contribution in [0.2, 0.25) is 0 Å². The van der Waals surface area contributed by atoms with E-state index >= 15 is 0 Å². The zero-order chi connectivity index (χ0) is 12.4. The summed E-state index contributed by atoms with van der Waals surface area (Å²) in [6.45, 7) is 4.26. The van der Waals surface area contributed by atoms with E-state index in [1.54, 1.807) is 11.8 Å². The summed E-state index contributed by atoms with van der Waals surface area (Å²) in [5.41, 5.74) is 2.41. The van der Waals surface area contributed by atoms with E-state index in [1.165, 1.54) is 25.8 Å². The number of benzene rings is 1. The molecule has 0 nitrogen and oxygen atoms in total. The number of halogens is 1. The van der Waals surface area contributed by atoms with Crippen LogP contribution in [-0.4, -0.2) is 6.26 Å². The van der Waals surface area contributed by atoms with Gasteiger partial charge < -0.3 is 0 Å². The first kappa shape index (κ1) is 13.0. The summed E-state index contributed by atoms with van der Waals surface area (Å²) >= 11 is 10.1. The Bertz CT molecular complexity index is 499. The Hall–Kier alpha value is -0.440. The number of aryl methyl sites for hydroxylation is 2. The van der Waals surface area contributed by atoms with Crippen molar-refractivity contribution in [2.45, 2.75) is 24.1 Å². The summed E-state index contributed by atoms with van der Waals surface area (Å²) in [4.78, 5) is 3.91. The number of thiophene rings is 1. The van der Waals surface area contributed by atoms with Gasteiger partial charge >= 0.3 is 0 Å². The minimum atomic E-state index is -0.0316. The third-order valence-corrected chi connectivity index (χ3v) is 4.97. The van der Waals surface area contributed by atoms with Crippen molar-refractivity contribution >= 4 is 34.7 Å². The topological polar surface area (TPSA) is 0 Å². The van der Waals surface area contributed by atoms with Gasteiger partial charge in [0.05, 0.1) is 5.38 Å². The normalized spacial score (nSPS) is 12.7. The van der Waals surface area contributed by atoms with Crippen molar-refractivity contribution in [2.75, 3.05) is 6.26 Å². The first-order valence-electron chi connectivity index (χ1n) is 5.46. The van der Waals surface area contributed by atoms with Crippen molar-refractivity contribution in [3.8, 4) is 0 Å². The number of alkyl halides is 1. The SMILES string of the molecule is CSc1ccc(C(Cl)c2cc(C)sc2C)cc1. The highest BCUT2D eigenvalue weighted by atomic mass is 35.5. The molecule has 0 fully saturated rings. The maximum atomic E-state index is 6.55. The molecule has 1 atom stereocenters. The molecule has 0 radical (unpaired) electrons. The molecule has 2 aromatic rings. The molecule has 17 heavy (non-hydrogen) atoms. The fourth-order valence-corrected chi connectivity index (χ4v) is 3.66. The summed E-state index contributed by atoms with van der Waals surface area (Å²) in [6.07, 6.45) is 2.08. The molecule has 0 aliphatic rings. The summed E-state index contributed by atoms with van der Waals surface area (Å²) in [6, 6.07) is 10.7. The van der Waals surface area contributed by atoms with Crippen molar-refractivity contribution in [1.82, 2.24) is 0 Å². The van der Waals surface area contributed by atoms with Gasteiger partial charge in [0.25, 0.3) is 0 Å². The van der Waals surface area contributed by atoms with Crippen LogP contribution in [0.1, 0.15) is 26.3 Å². The molecular weight excluding hydrogens is 268 g/mol. The molecule has 0 aliphatic carbocycles. The lowest BCUT2D eigenvalue weighted by molar-refractivity contribution is 1.12. The highest BCUT2D eigenvalue weighted by Crippen LogP contribution is 2.35. The van der Waals surface area contributed by atoms with E-state index in [0.717, 1.165) is 0 Å². The van der Waals surface area contributed by atoms with Gasteiger partial charge in [-0.25, -0.2) is 0 Å². The predicted molar refractivity (Wildman–Crippen MR) is 79.7 cm³/mol. The van der Waals surface area contributed by atoms with Gasteiger partial charge in [0.1, 0.15) is 0 Å². The third-order valence-electron chi connectivity index (χ3n) is 2.76. The zero-order valence-corrected chi connectivity index (χ0v) is 12.5. The standard InChI is InChI=1S/C14H15ClS2/c1-9-8-13(10(2)17-9)14(15)11-4-6-12(16-3)7-5-11/h4-8,14H,1-3H3. The first-order chi connectivity index (χ1) is 8.11. The zero-order valence-electron chi connectivity index (χ0n) is 10.2. The van der Waals surface area contributed by atoms with E-state index in [9.17, 15) is 0 Å². The van der Waals surface area contributed by atoms with E-state index in [4.69, 9.17) is 11.6 Å². The van der Waals surface area contributed by atoms with Crippen LogP contribution in [-0.2, 0) is 0 Å². The lowest BCUT2D eigenvalue weighted by Crippen LogP contribution is -1.92. The van der Waals surface area contributed by atoms with Crippen molar-refractivity contribution in [3.63, 3.8) is 0 Å². The predicted octanol–water partition coefficient (Wildman–Crippen LogP) is 5.42. The molecule has 2 rings (SSSR count). The van der Waals surface area contributed by atoms with Gasteiger partial charge in [-0.05, 0) is 49.4 Å². The molecule has 0 saturated carbocycles. The highest BCUT2D eigenvalue weighted by Gasteiger charge is 2.15. The molecule has 0 saturated heterocycles. The minimum absolute atomic E-state index is 0.0316. The minimum Gasteiger partial charge on any atom is -0.146 e. The molecule has 1 aromatic heterocycles. The molecule has 0 spiro atoms. The van der Waals surface area contributed by atoms with Gasteiger partial charge in [-0.3, -0.25) is 0 Å². The second kappa shape index (κ2) is 5.47. The van der Waals surface area contributed by atoms with Crippen LogP contribution in [0, 0.1) is 13.8 Å². The van der Waals surface area contributed by atoms with E-state index in [1.807, 2.05) is 11.3 Å². The maximum absolute atomic E-state index is 6.55. The van der Waals surface area contributed by atoms with E-state index in [2.05, 4.69) is 50.4 Å². The van der Waals surface area contributed by atoms with E-state index in [-0.39, 0.29) is 5.38 Å². The Labute approximate surface area is 116 Å². The van der Waals surface area contributed by atoms with Crippen LogP contribution < -0.4 is 0 Å². The molecule has 90 valence electrons. The fourth-order valence-electron chi connectivity index (χ4n) is 1.85. The van der Waals surface area contributed by atoms with Gasteiger partial charge in [0.2, 0.25) is 0 Å². The highest BCUT2D eigenvalue weighted by molar-refractivity contribution is 7.98. The Morgan fingerprint density at radius 3 is 2.29 bits per heavy atom. The van der Waals surface area contributed by atoms with Crippen LogP contribution in [0.5, 0.6) is 0 Å². The van der Waals surface area contributed by atoms with Gasteiger partial charge in [-0.2, -0.15) is 0 Å². The van der Waals surface area contributed by atoms with Crippen LogP contribution >= 0.6 is 34.7 Å². The number of hydrogen-bond acceptors (Lipinski definition) is 2. The van der Waals surface area contributed by atoms with E-state index < -0.39 is 0 Å². The van der Waals surface area contributed by atoms with Crippen molar-refractivity contribution in [3.05, 3.63) is 51.2 Å². The fraction of sp³-hybridized carbons (Fsp3) is 0.286. The van der Waals surface area contributed by atoms with Gasteiger partial charge in [-0.15, -0.1) is 34.7 Å². The largest absolute Gasteiger partial charge is 0.146 e. The van der Waals surface area contributed by atoms with Crippen LogP contribution in [0.4, 0.5) is 0 Å². The smallest absolute Gasteiger partial charge is 0.0846 e. The Morgan fingerprint density at radius 2 is 1.82 bits per heavy atom. The number of thioether (sulfide) groups is 1. The van der Waals surface area contributed by atoms with Crippen molar-refractivity contribution in [2.24, 2.45) is 0 Å². The molecule has 1 heterocycles. The average Bonchev–Trinajstić information content (AvgIpc) is 2.68. The number of hydrogen-bond donors (Lipinski definition) is 0. The van der Waals surface area contributed by atoms with Crippen LogP contribution in [0.3, 0.4) is 0 Å². The van der Waals surface area contributed by atoms with Gasteiger partial charge in [-0.1, -0.05) is 12.1 Å². The molecule has 3 heteroatoms. The maximum Gasteiger partial charge on any atom is 0.0846 e. The monoisotopic (exact) mass is 282 g/mol. The van der Waals surface area contributed by atoms with E-state index in [0.29, 0.717) is 0 Å². The molecular formula is C14H15ClS2. The summed E-state index contributed by atoms with van der Waals surface area (Å²) in [5, 5.41) is -0.0316. The second-order valence-electron chi connectivity index (χ2n) is 4.00. The van der Waals surface area contributed by atoms with Gasteiger partial charge in [0, 0.05) is 14.6 Å². The molecule has 1 unspecified atom stereocenters. The quantitative estimate of drug-likeness (QED) is 0.535.